The van der Waals surface area contributed by atoms with Crippen molar-refractivity contribution in [3.8, 4) is 11.8 Å². The quantitative estimate of drug-likeness (QED) is 0.517. The largest absolute Gasteiger partial charge is 0.379 e. The molecule has 1 aliphatic rings. The van der Waals surface area contributed by atoms with Crippen molar-refractivity contribution >= 4 is 0 Å². The van der Waals surface area contributed by atoms with E-state index >= 15 is 0 Å². The maximum atomic E-state index is 5.20. The van der Waals surface area contributed by atoms with Gasteiger partial charge in [-0.05, 0) is 0 Å². The second kappa shape index (κ2) is 5.17. The van der Waals surface area contributed by atoms with Gasteiger partial charge >= 0.3 is 0 Å². The first-order valence-electron chi connectivity index (χ1n) is 4.07. The van der Waals surface area contributed by atoms with Crippen LogP contribution in [-0.4, -0.2) is 31.2 Å². The zero-order valence-corrected chi connectivity index (χ0v) is 6.97. The Labute approximate surface area is 68.5 Å². The molecule has 0 N–H and O–H groups in total. The van der Waals surface area contributed by atoms with Crippen molar-refractivity contribution in [1.82, 2.24) is 4.90 Å². The third-order valence-corrected chi connectivity index (χ3v) is 1.57. The lowest BCUT2D eigenvalue weighted by molar-refractivity contribution is 0.0542. The van der Waals surface area contributed by atoms with Crippen molar-refractivity contribution in [2.24, 2.45) is 0 Å². The topological polar surface area (TPSA) is 12.5 Å². The summed E-state index contributed by atoms with van der Waals surface area (Å²) in [6.45, 7) is 7.66. The van der Waals surface area contributed by atoms with Gasteiger partial charge in [-0.1, -0.05) is 12.8 Å². The summed E-state index contributed by atoms with van der Waals surface area (Å²) in [5.41, 5.74) is 0. The van der Waals surface area contributed by atoms with E-state index in [4.69, 9.17) is 4.74 Å². The molecule has 0 aliphatic carbocycles. The van der Waals surface area contributed by atoms with Crippen LogP contribution in [0.15, 0.2) is 0 Å². The number of morpholine rings is 1. The van der Waals surface area contributed by atoms with Gasteiger partial charge in [0.1, 0.15) is 0 Å². The van der Waals surface area contributed by atoms with Crippen LogP contribution in [0.2, 0.25) is 0 Å². The molecule has 0 amide bonds. The molecular formula is C9H14NO. The minimum absolute atomic E-state index is 0.838. The summed E-state index contributed by atoms with van der Waals surface area (Å²) in [6, 6.07) is 0. The summed E-state index contributed by atoms with van der Waals surface area (Å²) in [7, 11) is 0. The van der Waals surface area contributed by atoms with E-state index in [-0.39, 0.29) is 0 Å². The van der Waals surface area contributed by atoms with E-state index in [9.17, 15) is 0 Å². The Kier molecular flexibility index (Phi) is 4.03. The van der Waals surface area contributed by atoms with Crippen LogP contribution >= 0.6 is 0 Å². The molecule has 1 fully saturated rings. The summed E-state index contributed by atoms with van der Waals surface area (Å²) < 4.78 is 5.20. The monoisotopic (exact) mass is 152 g/mol. The van der Waals surface area contributed by atoms with Crippen molar-refractivity contribution < 1.29 is 4.74 Å². The first kappa shape index (κ1) is 8.58. The van der Waals surface area contributed by atoms with Gasteiger partial charge in [0.2, 0.25) is 0 Å². The van der Waals surface area contributed by atoms with Gasteiger partial charge in [-0.25, -0.2) is 0 Å². The molecule has 1 rings (SSSR count). The van der Waals surface area contributed by atoms with Gasteiger partial charge in [-0.3, -0.25) is 4.90 Å². The molecule has 2 heteroatoms. The molecule has 1 heterocycles. The predicted molar refractivity (Wildman–Crippen MR) is 44.8 cm³/mol. The molecule has 0 aromatic rings. The summed E-state index contributed by atoms with van der Waals surface area (Å²) in [5.74, 6) is 6.01. The van der Waals surface area contributed by atoms with Crippen LogP contribution in [-0.2, 0) is 4.74 Å². The van der Waals surface area contributed by atoms with Crippen molar-refractivity contribution in [3.05, 3.63) is 6.54 Å². The number of hydrogen-bond donors (Lipinski definition) is 0. The Bertz CT molecular complexity index is 151. The molecule has 0 unspecified atom stereocenters. The highest BCUT2D eigenvalue weighted by molar-refractivity contribution is 5.08. The van der Waals surface area contributed by atoms with Gasteiger partial charge in [0.25, 0.3) is 0 Å². The molecule has 1 radical (unpaired) electrons. The van der Waals surface area contributed by atoms with Crippen molar-refractivity contribution in [2.75, 3.05) is 26.3 Å². The van der Waals surface area contributed by atoms with Crippen LogP contribution in [0.3, 0.4) is 0 Å². The molecule has 0 atom stereocenters. The molecule has 0 aromatic carbocycles. The van der Waals surface area contributed by atoms with E-state index in [1.807, 2.05) is 6.54 Å². The van der Waals surface area contributed by atoms with Gasteiger partial charge in [0.15, 0.2) is 0 Å². The fourth-order valence-electron chi connectivity index (χ4n) is 0.946. The van der Waals surface area contributed by atoms with E-state index in [1.165, 1.54) is 0 Å². The van der Waals surface area contributed by atoms with Crippen LogP contribution in [0.1, 0.15) is 13.3 Å². The van der Waals surface area contributed by atoms with Crippen LogP contribution < -0.4 is 0 Å². The van der Waals surface area contributed by atoms with Gasteiger partial charge < -0.3 is 4.74 Å². The first-order valence-corrected chi connectivity index (χ1v) is 4.07. The van der Waals surface area contributed by atoms with Crippen LogP contribution in [0.5, 0.6) is 0 Å². The van der Waals surface area contributed by atoms with Gasteiger partial charge in [-0.15, -0.1) is 5.92 Å². The third-order valence-electron chi connectivity index (χ3n) is 1.57. The minimum Gasteiger partial charge on any atom is -0.379 e. The van der Waals surface area contributed by atoms with Gasteiger partial charge in [-0.2, -0.15) is 0 Å². The number of hydrogen-bond acceptors (Lipinski definition) is 2. The van der Waals surface area contributed by atoms with E-state index in [0.29, 0.717) is 0 Å². The fraction of sp³-hybridized carbons (Fsp3) is 0.667. The normalized spacial score (nSPS) is 19.0. The highest BCUT2D eigenvalue weighted by Gasteiger charge is 2.07. The summed E-state index contributed by atoms with van der Waals surface area (Å²) >= 11 is 0. The summed E-state index contributed by atoms with van der Waals surface area (Å²) in [5, 5.41) is 0. The van der Waals surface area contributed by atoms with E-state index < -0.39 is 0 Å². The van der Waals surface area contributed by atoms with E-state index in [0.717, 1.165) is 32.7 Å². The zero-order valence-electron chi connectivity index (χ0n) is 6.97. The van der Waals surface area contributed by atoms with Crippen LogP contribution in [0, 0.1) is 18.4 Å². The second-order valence-corrected chi connectivity index (χ2v) is 2.45. The average molecular weight is 152 g/mol. The molecule has 0 aromatic heterocycles. The lowest BCUT2D eigenvalue weighted by atomic mass is 10.4. The fourth-order valence-corrected chi connectivity index (χ4v) is 0.946. The smallest absolute Gasteiger partial charge is 0.0987 e. The maximum absolute atomic E-state index is 5.20. The molecular weight excluding hydrogens is 138 g/mol. The number of ether oxygens (including phenoxy) is 1. The molecule has 0 bridgehead atoms. The number of rotatable bonds is 1. The average Bonchev–Trinajstić information content (AvgIpc) is 2.07. The Morgan fingerprint density at radius 3 is 2.82 bits per heavy atom. The van der Waals surface area contributed by atoms with Crippen molar-refractivity contribution in [2.45, 2.75) is 13.3 Å². The van der Waals surface area contributed by atoms with Gasteiger partial charge in [0.05, 0.1) is 19.8 Å². The molecule has 2 nitrogen and oxygen atoms in total. The lowest BCUT2D eigenvalue weighted by Gasteiger charge is -2.23. The van der Waals surface area contributed by atoms with Crippen molar-refractivity contribution in [1.29, 1.82) is 0 Å². The molecule has 0 spiro atoms. The van der Waals surface area contributed by atoms with Crippen molar-refractivity contribution in [3.63, 3.8) is 0 Å². The minimum atomic E-state index is 0.838. The van der Waals surface area contributed by atoms with Crippen LogP contribution in [0.25, 0.3) is 0 Å². The standard InChI is InChI=1S/C9H14NO/c1-2-3-4-5-10-6-8-11-9-7-10/h5H,2,6-9H2,1H3. The molecule has 1 saturated heterocycles. The first-order chi connectivity index (χ1) is 5.43. The van der Waals surface area contributed by atoms with Gasteiger partial charge in [0, 0.05) is 19.5 Å². The Morgan fingerprint density at radius 1 is 1.45 bits per heavy atom. The Balaban J connectivity index is 2.14. The summed E-state index contributed by atoms with van der Waals surface area (Å²) in [6.07, 6.45) is 0.931. The second-order valence-electron chi connectivity index (χ2n) is 2.45. The molecule has 61 valence electrons. The molecule has 0 saturated carbocycles. The highest BCUT2D eigenvalue weighted by atomic mass is 16.5. The summed E-state index contributed by atoms with van der Waals surface area (Å²) in [4.78, 5) is 2.20. The van der Waals surface area contributed by atoms with E-state index in [1.54, 1.807) is 0 Å². The highest BCUT2D eigenvalue weighted by Crippen LogP contribution is 1.97. The maximum Gasteiger partial charge on any atom is 0.0987 e. The SMILES string of the molecule is CCC#C[CH]N1CCOCC1. The Hall–Kier alpha value is -0.520. The third kappa shape index (κ3) is 3.41. The van der Waals surface area contributed by atoms with E-state index in [2.05, 4.69) is 23.7 Å². The lowest BCUT2D eigenvalue weighted by Crippen LogP contribution is -2.33. The zero-order chi connectivity index (χ0) is 7.94. The van der Waals surface area contributed by atoms with Crippen LogP contribution in [0.4, 0.5) is 0 Å². The predicted octanol–water partition coefficient (Wildman–Crippen LogP) is 0.894. The Morgan fingerprint density at radius 2 is 2.18 bits per heavy atom. The molecule has 1 aliphatic heterocycles. The molecule has 11 heavy (non-hydrogen) atoms. The number of nitrogens with zero attached hydrogens (tertiary/aromatic N) is 1.